The molecule has 0 bridgehead atoms. The highest BCUT2D eigenvalue weighted by Crippen LogP contribution is 2.33. The van der Waals surface area contributed by atoms with Crippen LogP contribution in [0.1, 0.15) is 70.1 Å². The zero-order valence-electron chi connectivity index (χ0n) is 21.1. The first-order valence-electron chi connectivity index (χ1n) is 12.0. The molecule has 0 spiro atoms. The number of primary amides is 1. The van der Waals surface area contributed by atoms with E-state index in [0.29, 0.717) is 23.7 Å². The highest BCUT2D eigenvalue weighted by molar-refractivity contribution is 7.09. The molecular formula is C27H33N5O3S. The maximum absolute atomic E-state index is 14.0. The molecule has 1 unspecified atom stereocenters. The summed E-state index contributed by atoms with van der Waals surface area (Å²) in [5, 5.41) is 2.99. The SMILES string of the molecule is CCc1ccc(N(C(=O)c2snc(C(N)=O)c2N)C(C(=O)NCCC(C)C)c2ccc(C)cc2)cc1. The lowest BCUT2D eigenvalue weighted by Crippen LogP contribution is -2.44. The Morgan fingerprint density at radius 1 is 1.06 bits per heavy atom. The van der Waals surface area contributed by atoms with Gasteiger partial charge in [-0.25, -0.2) is 0 Å². The van der Waals surface area contributed by atoms with Gasteiger partial charge in [-0.3, -0.25) is 19.3 Å². The lowest BCUT2D eigenvalue weighted by molar-refractivity contribution is -0.122. The molecule has 0 aliphatic heterocycles. The zero-order valence-corrected chi connectivity index (χ0v) is 21.9. The van der Waals surface area contributed by atoms with Gasteiger partial charge in [-0.05, 0) is 60.5 Å². The number of nitrogen functional groups attached to an aromatic ring is 1. The van der Waals surface area contributed by atoms with E-state index in [2.05, 4.69) is 23.5 Å². The number of hydrogen-bond acceptors (Lipinski definition) is 6. The number of rotatable bonds is 10. The van der Waals surface area contributed by atoms with E-state index in [9.17, 15) is 14.4 Å². The van der Waals surface area contributed by atoms with Crippen molar-refractivity contribution in [2.24, 2.45) is 11.7 Å². The number of aryl methyl sites for hydroxylation is 2. The van der Waals surface area contributed by atoms with Crippen molar-refractivity contribution in [1.29, 1.82) is 0 Å². The van der Waals surface area contributed by atoms with Crippen LogP contribution in [-0.2, 0) is 11.2 Å². The summed E-state index contributed by atoms with van der Waals surface area (Å²) in [7, 11) is 0. The van der Waals surface area contributed by atoms with E-state index in [1.165, 1.54) is 4.90 Å². The number of aromatic nitrogens is 1. The van der Waals surface area contributed by atoms with Crippen molar-refractivity contribution in [3.63, 3.8) is 0 Å². The van der Waals surface area contributed by atoms with Crippen molar-refractivity contribution in [1.82, 2.24) is 9.69 Å². The molecule has 3 amide bonds. The van der Waals surface area contributed by atoms with Crippen LogP contribution in [0.15, 0.2) is 48.5 Å². The van der Waals surface area contributed by atoms with Gasteiger partial charge in [0.25, 0.3) is 11.8 Å². The molecule has 190 valence electrons. The van der Waals surface area contributed by atoms with E-state index >= 15 is 0 Å². The quantitative estimate of drug-likeness (QED) is 0.378. The van der Waals surface area contributed by atoms with Crippen LogP contribution in [0.3, 0.4) is 0 Å². The highest BCUT2D eigenvalue weighted by atomic mass is 32.1. The standard InChI is InChI=1S/C27H33N5O3S/c1-5-18-8-12-20(13-9-18)32(27(35)24-21(28)22(25(29)33)31-36-24)23(19-10-6-17(4)7-11-19)26(34)30-15-14-16(2)3/h6-13,16,23H,5,14-15,28H2,1-4H3,(H2,29,33)(H,30,34). The first-order chi connectivity index (χ1) is 17.1. The average molecular weight is 508 g/mol. The predicted octanol–water partition coefficient (Wildman–Crippen LogP) is 4.25. The first kappa shape index (κ1) is 26.9. The number of carbonyl (C=O) groups excluding carboxylic acids is 3. The molecular weight excluding hydrogens is 474 g/mol. The normalized spacial score (nSPS) is 11.8. The van der Waals surface area contributed by atoms with Crippen molar-refractivity contribution >= 4 is 40.6 Å². The first-order valence-corrected chi connectivity index (χ1v) is 12.7. The second-order valence-corrected chi connectivity index (χ2v) is 9.89. The molecule has 3 aromatic rings. The van der Waals surface area contributed by atoms with Crippen LogP contribution in [0.5, 0.6) is 0 Å². The van der Waals surface area contributed by atoms with Crippen LogP contribution in [0, 0.1) is 12.8 Å². The van der Waals surface area contributed by atoms with Crippen molar-refractivity contribution in [2.75, 3.05) is 17.2 Å². The number of benzene rings is 2. The van der Waals surface area contributed by atoms with Gasteiger partial charge < -0.3 is 16.8 Å². The molecule has 36 heavy (non-hydrogen) atoms. The number of carbonyl (C=O) groups is 3. The zero-order chi connectivity index (χ0) is 26.4. The summed E-state index contributed by atoms with van der Waals surface area (Å²) in [5.74, 6) is -1.26. The Hall–Kier alpha value is -3.72. The Morgan fingerprint density at radius 2 is 1.69 bits per heavy atom. The van der Waals surface area contributed by atoms with Crippen LogP contribution in [0.2, 0.25) is 0 Å². The summed E-state index contributed by atoms with van der Waals surface area (Å²) in [4.78, 5) is 40.9. The number of hydrogen-bond donors (Lipinski definition) is 3. The second-order valence-electron chi connectivity index (χ2n) is 9.12. The average Bonchev–Trinajstić information content (AvgIpc) is 3.24. The fourth-order valence-corrected chi connectivity index (χ4v) is 4.50. The van der Waals surface area contributed by atoms with Crippen LogP contribution in [-0.4, -0.2) is 28.6 Å². The molecule has 0 aliphatic carbocycles. The molecule has 0 fully saturated rings. The number of anilines is 2. The lowest BCUT2D eigenvalue weighted by Gasteiger charge is -2.31. The number of nitrogens with one attached hydrogen (secondary N) is 1. The summed E-state index contributed by atoms with van der Waals surface area (Å²) < 4.78 is 3.99. The Morgan fingerprint density at radius 3 is 2.22 bits per heavy atom. The van der Waals surface area contributed by atoms with Gasteiger partial charge in [-0.15, -0.1) is 0 Å². The van der Waals surface area contributed by atoms with Gasteiger partial charge in [0.2, 0.25) is 5.91 Å². The van der Waals surface area contributed by atoms with Gasteiger partial charge in [-0.2, -0.15) is 4.37 Å². The Bertz CT molecular complexity index is 1220. The maximum atomic E-state index is 14.0. The van der Waals surface area contributed by atoms with E-state index in [1.807, 2.05) is 62.4 Å². The monoisotopic (exact) mass is 507 g/mol. The van der Waals surface area contributed by atoms with Gasteiger partial charge in [-0.1, -0.05) is 62.7 Å². The number of nitrogens with zero attached hydrogens (tertiary/aromatic N) is 2. The smallest absolute Gasteiger partial charge is 0.273 e. The van der Waals surface area contributed by atoms with E-state index in [4.69, 9.17) is 11.5 Å². The van der Waals surface area contributed by atoms with Crippen LogP contribution >= 0.6 is 11.5 Å². The highest BCUT2D eigenvalue weighted by Gasteiger charge is 2.36. The summed E-state index contributed by atoms with van der Waals surface area (Å²) in [6, 6.07) is 14.0. The molecule has 0 saturated carbocycles. The molecule has 9 heteroatoms. The van der Waals surface area contributed by atoms with Gasteiger partial charge in [0.1, 0.15) is 10.9 Å². The van der Waals surface area contributed by atoms with Gasteiger partial charge >= 0.3 is 0 Å². The predicted molar refractivity (Wildman–Crippen MR) is 144 cm³/mol. The molecule has 1 aromatic heterocycles. The van der Waals surface area contributed by atoms with Gasteiger partial charge in [0, 0.05) is 12.2 Å². The molecule has 1 heterocycles. The molecule has 0 radical (unpaired) electrons. The van der Waals surface area contributed by atoms with E-state index in [-0.39, 0.29) is 22.2 Å². The van der Waals surface area contributed by atoms with E-state index < -0.39 is 17.9 Å². The van der Waals surface area contributed by atoms with Crippen molar-refractivity contribution in [2.45, 2.75) is 46.6 Å². The third kappa shape index (κ3) is 6.09. The largest absolute Gasteiger partial charge is 0.395 e. The number of nitrogens with two attached hydrogens (primary N) is 2. The van der Waals surface area contributed by atoms with Crippen molar-refractivity contribution in [3.05, 3.63) is 75.8 Å². The van der Waals surface area contributed by atoms with Crippen LogP contribution in [0.25, 0.3) is 0 Å². The molecule has 5 N–H and O–H groups in total. The third-order valence-corrected chi connectivity index (χ3v) is 6.77. The fraction of sp³-hybridized carbons (Fsp3) is 0.333. The Balaban J connectivity index is 2.15. The topological polar surface area (TPSA) is 131 Å². The van der Waals surface area contributed by atoms with Gasteiger partial charge in [0.15, 0.2) is 5.69 Å². The van der Waals surface area contributed by atoms with Crippen LogP contribution < -0.4 is 21.7 Å². The summed E-state index contributed by atoms with van der Waals surface area (Å²) >= 11 is 0.793. The molecule has 2 aromatic carbocycles. The van der Waals surface area contributed by atoms with Crippen molar-refractivity contribution in [3.8, 4) is 0 Å². The molecule has 0 saturated heterocycles. The number of amides is 3. The van der Waals surface area contributed by atoms with Gasteiger partial charge in [0.05, 0.1) is 5.69 Å². The minimum atomic E-state index is -0.976. The fourth-order valence-electron chi connectivity index (χ4n) is 3.76. The maximum Gasteiger partial charge on any atom is 0.273 e. The van der Waals surface area contributed by atoms with E-state index in [0.717, 1.165) is 35.5 Å². The molecule has 1 atom stereocenters. The third-order valence-electron chi connectivity index (χ3n) is 5.92. The Labute approximate surface area is 215 Å². The van der Waals surface area contributed by atoms with E-state index in [1.54, 1.807) is 0 Å². The second kappa shape index (κ2) is 11.8. The van der Waals surface area contributed by atoms with Crippen molar-refractivity contribution < 1.29 is 14.4 Å². The van der Waals surface area contributed by atoms with Crippen LogP contribution in [0.4, 0.5) is 11.4 Å². The lowest BCUT2D eigenvalue weighted by atomic mass is 10.0. The summed E-state index contributed by atoms with van der Waals surface area (Å²) in [5.41, 5.74) is 14.5. The molecule has 0 aliphatic rings. The summed E-state index contributed by atoms with van der Waals surface area (Å²) in [6.45, 7) is 8.63. The minimum Gasteiger partial charge on any atom is -0.395 e. The molecule has 3 rings (SSSR count). The summed E-state index contributed by atoms with van der Waals surface area (Å²) in [6.07, 6.45) is 1.63. The molecule has 8 nitrogen and oxygen atoms in total. The minimum absolute atomic E-state index is 0.0514. The Kier molecular flexibility index (Phi) is 8.82.